The lowest BCUT2D eigenvalue weighted by Crippen LogP contribution is -2.08. The number of aromatic nitrogens is 3. The number of thiol groups is 1. The monoisotopic (exact) mass is 525 g/mol. The van der Waals surface area contributed by atoms with Crippen molar-refractivity contribution in [1.82, 2.24) is 14.8 Å². The predicted molar refractivity (Wildman–Crippen MR) is 160 cm³/mol. The number of benzene rings is 3. The minimum atomic E-state index is -0.173. The number of nitrogens with zero attached hydrogens (tertiary/aromatic N) is 2. The standard InChI is InChI=1S/C31H32FN5S/c1-17-7-8-26(32)23(9-17)13-22-10-19(3)30(20(4)11-22)37-31(33-6)25(16-34-37)21(5)28-14-24-12-18(2)27(36-38)15-29(24)35-28/h7-12,14-16,33,35-36,38H,5,13H2,1-4,6H3. The molecule has 38 heavy (non-hydrogen) atoms. The van der Waals surface area contributed by atoms with E-state index in [4.69, 9.17) is 5.10 Å². The number of H-pyrrole nitrogens is 1. The number of halogens is 1. The molecule has 5 nitrogen and oxygen atoms in total. The van der Waals surface area contributed by atoms with Crippen LogP contribution < -0.4 is 10.0 Å². The summed E-state index contributed by atoms with van der Waals surface area (Å²) in [4.78, 5) is 3.49. The molecule has 0 saturated carbocycles. The highest BCUT2D eigenvalue weighted by Gasteiger charge is 2.19. The van der Waals surface area contributed by atoms with E-state index in [1.54, 1.807) is 12.1 Å². The normalized spacial score (nSPS) is 11.2. The maximum Gasteiger partial charge on any atom is 0.137 e. The van der Waals surface area contributed by atoms with Crippen LogP contribution in [-0.4, -0.2) is 21.8 Å². The third kappa shape index (κ3) is 4.58. The van der Waals surface area contributed by atoms with Crippen LogP contribution in [0.25, 0.3) is 22.2 Å². The van der Waals surface area contributed by atoms with Crippen LogP contribution in [0, 0.1) is 33.5 Å². The van der Waals surface area contributed by atoms with Gasteiger partial charge in [-0.25, -0.2) is 9.07 Å². The zero-order chi connectivity index (χ0) is 27.1. The molecule has 0 aliphatic heterocycles. The van der Waals surface area contributed by atoms with Crippen molar-refractivity contribution in [2.75, 3.05) is 17.1 Å². The topological polar surface area (TPSA) is 57.7 Å². The van der Waals surface area contributed by atoms with Crippen LogP contribution in [0.15, 0.2) is 61.3 Å². The number of hydrogen-bond acceptors (Lipinski definition) is 4. The van der Waals surface area contributed by atoms with E-state index in [0.29, 0.717) is 12.0 Å². The van der Waals surface area contributed by atoms with E-state index in [0.717, 1.165) is 72.7 Å². The summed E-state index contributed by atoms with van der Waals surface area (Å²) in [6.45, 7) is 12.6. The van der Waals surface area contributed by atoms with Crippen LogP contribution in [-0.2, 0) is 6.42 Å². The number of nitrogens with one attached hydrogen (secondary N) is 3. The molecule has 0 saturated heterocycles. The summed E-state index contributed by atoms with van der Waals surface area (Å²) in [6.07, 6.45) is 2.39. The highest BCUT2D eigenvalue weighted by atomic mass is 32.1. The maximum atomic E-state index is 14.4. The SMILES string of the molecule is C=C(c1cc2cc(C)c(NS)cc2[nH]1)c1cnn(-c2c(C)cc(Cc3cc(C)ccc3F)cc2C)c1NC. The zero-order valence-electron chi connectivity index (χ0n) is 22.3. The fourth-order valence-corrected chi connectivity index (χ4v) is 5.48. The fourth-order valence-electron chi connectivity index (χ4n) is 5.24. The minimum Gasteiger partial charge on any atom is -0.373 e. The van der Waals surface area contributed by atoms with E-state index >= 15 is 0 Å². The molecule has 194 valence electrons. The Labute approximate surface area is 228 Å². The van der Waals surface area contributed by atoms with E-state index in [2.05, 4.69) is 79.5 Å². The Hall–Kier alpha value is -3.97. The first-order valence-corrected chi connectivity index (χ1v) is 13.0. The smallest absolute Gasteiger partial charge is 0.137 e. The quantitative estimate of drug-likeness (QED) is 0.165. The second-order valence-electron chi connectivity index (χ2n) is 9.95. The van der Waals surface area contributed by atoms with Crippen LogP contribution >= 0.6 is 12.8 Å². The third-order valence-corrected chi connectivity index (χ3v) is 7.34. The molecule has 7 heteroatoms. The molecule has 3 N–H and O–H groups in total. The molecule has 0 fully saturated rings. The first kappa shape index (κ1) is 25.7. The molecule has 0 unspecified atom stereocenters. The van der Waals surface area contributed by atoms with E-state index in [1.165, 1.54) is 0 Å². The molecule has 0 bridgehead atoms. The van der Waals surface area contributed by atoms with E-state index in [9.17, 15) is 4.39 Å². The van der Waals surface area contributed by atoms with E-state index in [1.807, 2.05) is 37.0 Å². The van der Waals surface area contributed by atoms with Gasteiger partial charge in [0.15, 0.2) is 0 Å². The second-order valence-corrected chi connectivity index (χ2v) is 10.2. The molecule has 5 rings (SSSR count). The Morgan fingerprint density at radius 2 is 1.76 bits per heavy atom. The largest absolute Gasteiger partial charge is 0.373 e. The third-order valence-electron chi connectivity index (χ3n) is 7.10. The summed E-state index contributed by atoms with van der Waals surface area (Å²) in [5.41, 5.74) is 11.7. The Bertz CT molecular complexity index is 1670. The molecule has 0 spiro atoms. The van der Waals surface area contributed by atoms with Gasteiger partial charge in [0, 0.05) is 46.9 Å². The van der Waals surface area contributed by atoms with Crippen molar-refractivity contribution in [2.45, 2.75) is 34.1 Å². The van der Waals surface area contributed by atoms with Gasteiger partial charge in [-0.1, -0.05) is 49.2 Å². The van der Waals surface area contributed by atoms with Gasteiger partial charge in [-0.2, -0.15) is 5.10 Å². The van der Waals surface area contributed by atoms with Crippen molar-refractivity contribution in [3.8, 4) is 5.69 Å². The average Bonchev–Trinajstić information content (AvgIpc) is 3.48. The fraction of sp³-hybridized carbons (Fsp3) is 0.194. The Balaban J connectivity index is 1.51. The summed E-state index contributed by atoms with van der Waals surface area (Å²) in [5, 5.41) is 9.20. The number of aromatic amines is 1. The molecule has 0 aliphatic rings. The van der Waals surface area contributed by atoms with Crippen LogP contribution in [0.2, 0.25) is 0 Å². The number of aryl methyl sites for hydroxylation is 4. The molecule has 5 aromatic rings. The highest BCUT2D eigenvalue weighted by molar-refractivity contribution is 7.81. The molecule has 0 aliphatic carbocycles. The Kier molecular flexibility index (Phi) is 6.80. The van der Waals surface area contributed by atoms with Crippen molar-refractivity contribution < 1.29 is 4.39 Å². The van der Waals surface area contributed by atoms with Gasteiger partial charge < -0.3 is 15.0 Å². The van der Waals surface area contributed by atoms with E-state index in [-0.39, 0.29) is 5.82 Å². The summed E-state index contributed by atoms with van der Waals surface area (Å²) < 4.78 is 19.3. The number of anilines is 2. The van der Waals surface area contributed by atoms with Crippen molar-refractivity contribution in [1.29, 1.82) is 0 Å². The Morgan fingerprint density at radius 3 is 2.45 bits per heavy atom. The van der Waals surface area contributed by atoms with Gasteiger partial charge in [0.25, 0.3) is 0 Å². The van der Waals surface area contributed by atoms with E-state index < -0.39 is 0 Å². The van der Waals surface area contributed by atoms with Gasteiger partial charge in [0.2, 0.25) is 0 Å². The molecule has 2 heterocycles. The summed E-state index contributed by atoms with van der Waals surface area (Å²) >= 11 is 4.21. The molecular weight excluding hydrogens is 493 g/mol. The van der Waals surface area contributed by atoms with Crippen LogP contribution in [0.1, 0.15) is 44.6 Å². The first-order chi connectivity index (χ1) is 18.2. The zero-order valence-corrected chi connectivity index (χ0v) is 23.2. The predicted octanol–water partition coefficient (Wildman–Crippen LogP) is 7.68. The molecule has 2 aromatic heterocycles. The number of fused-ring (bicyclic) bond motifs is 1. The van der Waals surface area contributed by atoms with Gasteiger partial charge >= 0.3 is 0 Å². The molecule has 3 aromatic carbocycles. The van der Waals surface area contributed by atoms with Crippen LogP contribution in [0.5, 0.6) is 0 Å². The summed E-state index contributed by atoms with van der Waals surface area (Å²) in [6, 6.07) is 15.8. The minimum absolute atomic E-state index is 0.173. The average molecular weight is 526 g/mol. The van der Waals surface area contributed by atoms with Gasteiger partial charge in [0.1, 0.15) is 11.6 Å². The molecular formula is C31H32FN5S. The lowest BCUT2D eigenvalue weighted by molar-refractivity contribution is 0.613. The maximum absolute atomic E-state index is 14.4. The van der Waals surface area contributed by atoms with Gasteiger partial charge in [-0.3, -0.25) is 0 Å². The number of hydrogen-bond donors (Lipinski definition) is 4. The van der Waals surface area contributed by atoms with Crippen molar-refractivity contribution >= 4 is 40.8 Å². The van der Waals surface area contributed by atoms with Crippen LogP contribution in [0.3, 0.4) is 0 Å². The summed E-state index contributed by atoms with van der Waals surface area (Å²) in [7, 11) is 1.89. The number of rotatable bonds is 7. The van der Waals surface area contributed by atoms with Crippen LogP contribution in [0.4, 0.5) is 15.9 Å². The van der Waals surface area contributed by atoms with Gasteiger partial charge in [-0.05, 0) is 79.8 Å². The molecule has 0 atom stereocenters. The highest BCUT2D eigenvalue weighted by Crippen LogP contribution is 2.34. The molecule has 0 radical (unpaired) electrons. The van der Waals surface area contributed by atoms with Crippen molar-refractivity contribution in [2.24, 2.45) is 0 Å². The van der Waals surface area contributed by atoms with Gasteiger partial charge in [0.05, 0.1) is 11.9 Å². The summed E-state index contributed by atoms with van der Waals surface area (Å²) in [5.74, 6) is 0.680. The molecule has 0 amide bonds. The Morgan fingerprint density at radius 1 is 1.03 bits per heavy atom. The lowest BCUT2D eigenvalue weighted by atomic mass is 9.97. The van der Waals surface area contributed by atoms with Crippen molar-refractivity contribution in [3.05, 3.63) is 112 Å². The second kappa shape index (κ2) is 10.1. The van der Waals surface area contributed by atoms with Gasteiger partial charge in [-0.15, -0.1) is 0 Å². The first-order valence-electron chi connectivity index (χ1n) is 12.5. The van der Waals surface area contributed by atoms with Crippen molar-refractivity contribution in [3.63, 3.8) is 0 Å². The lowest BCUT2D eigenvalue weighted by Gasteiger charge is -2.16.